The Balaban J connectivity index is 2.34. The number of rotatable bonds is 2. The topological polar surface area (TPSA) is 29.9 Å². The van der Waals surface area contributed by atoms with Crippen LogP contribution in [0.2, 0.25) is 0 Å². The number of aryl methyl sites for hydroxylation is 2. The van der Waals surface area contributed by atoms with Crippen molar-refractivity contribution in [1.82, 2.24) is 9.55 Å². The Hall–Kier alpha value is -1.59. The highest BCUT2D eigenvalue weighted by Gasteiger charge is 2.10. The number of nitrogens with zero attached hydrogens (tertiary/aromatic N) is 1. The van der Waals surface area contributed by atoms with Gasteiger partial charge in [0, 0.05) is 16.2 Å². The summed E-state index contributed by atoms with van der Waals surface area (Å²) in [5.41, 5.74) is 5.44. The molecule has 0 aliphatic rings. The molecule has 0 aliphatic heterocycles. The lowest BCUT2D eigenvalue weighted by Gasteiger charge is -2.10. The lowest BCUT2D eigenvalue weighted by atomic mass is 10.1. The van der Waals surface area contributed by atoms with Crippen LogP contribution in [0.3, 0.4) is 0 Å². The van der Waals surface area contributed by atoms with Gasteiger partial charge < -0.3 is 9.72 Å². The fourth-order valence-electron chi connectivity index (χ4n) is 2.52. The highest BCUT2D eigenvalue weighted by atomic mass is 79.9. The Bertz CT molecular complexity index is 872. The molecule has 0 unspecified atom stereocenters. The minimum absolute atomic E-state index is 0.680. The second-order valence-corrected chi connectivity index (χ2v) is 6.22. The molecule has 2 aromatic carbocycles. The first-order valence-electron chi connectivity index (χ1n) is 6.57. The van der Waals surface area contributed by atoms with E-state index in [9.17, 15) is 0 Å². The average molecular weight is 363 g/mol. The number of benzene rings is 2. The summed E-state index contributed by atoms with van der Waals surface area (Å²) in [6, 6.07) is 10.2. The van der Waals surface area contributed by atoms with Crippen molar-refractivity contribution in [3.05, 3.63) is 50.7 Å². The minimum Gasteiger partial charge on any atom is -0.497 e. The summed E-state index contributed by atoms with van der Waals surface area (Å²) >= 11 is 9.09. The number of nitrogens with one attached hydrogen (secondary N) is 1. The van der Waals surface area contributed by atoms with E-state index in [2.05, 4.69) is 46.9 Å². The van der Waals surface area contributed by atoms with Crippen LogP contribution in [-0.4, -0.2) is 16.7 Å². The van der Waals surface area contributed by atoms with Gasteiger partial charge in [-0.05, 0) is 61.5 Å². The van der Waals surface area contributed by atoms with E-state index < -0.39 is 0 Å². The Labute approximate surface area is 136 Å². The molecule has 0 atom stereocenters. The van der Waals surface area contributed by atoms with Crippen molar-refractivity contribution in [2.24, 2.45) is 0 Å². The number of hydrogen-bond donors (Lipinski definition) is 1. The standard InChI is InChI=1S/C16H15BrN2OS/c1-9-6-11(7-10(2)15(9)17)19-14-8-12(20-3)4-5-13(14)18-16(19)21/h4-8H,1-3H3,(H,18,21). The van der Waals surface area contributed by atoms with E-state index in [1.54, 1.807) is 7.11 Å². The first kappa shape index (κ1) is 14.4. The summed E-state index contributed by atoms with van der Waals surface area (Å²) in [5.74, 6) is 0.816. The maximum absolute atomic E-state index is 5.49. The summed E-state index contributed by atoms with van der Waals surface area (Å²) < 4.78 is 9.18. The van der Waals surface area contributed by atoms with E-state index in [1.807, 2.05) is 22.8 Å². The van der Waals surface area contributed by atoms with Gasteiger partial charge in [0.15, 0.2) is 4.77 Å². The molecule has 21 heavy (non-hydrogen) atoms. The molecule has 0 saturated carbocycles. The van der Waals surface area contributed by atoms with Gasteiger partial charge in [0.25, 0.3) is 0 Å². The number of aromatic nitrogens is 2. The third-order valence-electron chi connectivity index (χ3n) is 3.57. The molecule has 0 amide bonds. The van der Waals surface area contributed by atoms with Gasteiger partial charge in [0.2, 0.25) is 0 Å². The number of fused-ring (bicyclic) bond motifs is 1. The van der Waals surface area contributed by atoms with Gasteiger partial charge in [-0.15, -0.1) is 0 Å². The first-order chi connectivity index (χ1) is 10.0. The van der Waals surface area contributed by atoms with Crippen molar-refractivity contribution < 1.29 is 4.74 Å². The van der Waals surface area contributed by atoms with Crippen molar-refractivity contribution in [1.29, 1.82) is 0 Å². The van der Waals surface area contributed by atoms with Crippen LogP contribution in [0.5, 0.6) is 5.75 Å². The molecule has 3 nitrogen and oxygen atoms in total. The largest absolute Gasteiger partial charge is 0.497 e. The van der Waals surface area contributed by atoms with E-state index in [1.165, 1.54) is 11.1 Å². The molecule has 0 radical (unpaired) electrons. The smallest absolute Gasteiger partial charge is 0.182 e. The summed E-state index contributed by atoms with van der Waals surface area (Å²) in [5, 5.41) is 0. The minimum atomic E-state index is 0.680. The molecule has 1 N–H and O–H groups in total. The molecule has 0 spiro atoms. The van der Waals surface area contributed by atoms with E-state index in [0.29, 0.717) is 4.77 Å². The molecule has 1 heterocycles. The molecule has 108 valence electrons. The Morgan fingerprint density at radius 1 is 1.14 bits per heavy atom. The maximum Gasteiger partial charge on any atom is 0.182 e. The zero-order valence-electron chi connectivity index (χ0n) is 12.0. The van der Waals surface area contributed by atoms with Crippen molar-refractivity contribution in [3.8, 4) is 11.4 Å². The van der Waals surface area contributed by atoms with Gasteiger partial charge in [-0.25, -0.2) is 0 Å². The molecule has 5 heteroatoms. The third kappa shape index (κ3) is 2.40. The van der Waals surface area contributed by atoms with Gasteiger partial charge >= 0.3 is 0 Å². The van der Waals surface area contributed by atoms with Crippen molar-refractivity contribution in [3.63, 3.8) is 0 Å². The van der Waals surface area contributed by atoms with Gasteiger partial charge in [-0.1, -0.05) is 15.9 Å². The van der Waals surface area contributed by atoms with E-state index in [4.69, 9.17) is 17.0 Å². The predicted octanol–water partition coefficient (Wildman–Crippen LogP) is 5.08. The fourth-order valence-corrected chi connectivity index (χ4v) is 3.06. The molecule has 3 aromatic rings. The van der Waals surface area contributed by atoms with Crippen LogP contribution in [0.15, 0.2) is 34.8 Å². The first-order valence-corrected chi connectivity index (χ1v) is 7.77. The number of methoxy groups -OCH3 is 1. The van der Waals surface area contributed by atoms with Crippen molar-refractivity contribution in [2.45, 2.75) is 13.8 Å². The number of ether oxygens (including phenoxy) is 1. The van der Waals surface area contributed by atoms with E-state index >= 15 is 0 Å². The highest BCUT2D eigenvalue weighted by Crippen LogP contribution is 2.28. The summed E-state index contributed by atoms with van der Waals surface area (Å²) in [4.78, 5) is 3.24. The molecule has 1 aromatic heterocycles. The second-order valence-electron chi connectivity index (χ2n) is 5.04. The number of H-pyrrole nitrogens is 1. The van der Waals surface area contributed by atoms with Crippen LogP contribution >= 0.6 is 28.1 Å². The van der Waals surface area contributed by atoms with Gasteiger partial charge in [-0.3, -0.25) is 4.57 Å². The quantitative estimate of drug-likeness (QED) is 0.644. The zero-order valence-corrected chi connectivity index (χ0v) is 14.4. The monoisotopic (exact) mass is 362 g/mol. The SMILES string of the molecule is COc1ccc2[nH]c(=S)n(-c3cc(C)c(Br)c(C)c3)c2c1. The van der Waals surface area contributed by atoms with Crippen LogP contribution in [0.25, 0.3) is 16.7 Å². The fraction of sp³-hybridized carbons (Fsp3) is 0.188. The van der Waals surface area contributed by atoms with E-state index in [0.717, 1.165) is 26.9 Å². The Morgan fingerprint density at radius 3 is 2.43 bits per heavy atom. The highest BCUT2D eigenvalue weighted by molar-refractivity contribution is 9.10. The van der Waals surface area contributed by atoms with Crippen LogP contribution in [0.1, 0.15) is 11.1 Å². The summed E-state index contributed by atoms with van der Waals surface area (Å²) in [6.07, 6.45) is 0. The maximum atomic E-state index is 5.49. The lowest BCUT2D eigenvalue weighted by Crippen LogP contribution is -1.97. The van der Waals surface area contributed by atoms with Crippen LogP contribution in [-0.2, 0) is 0 Å². The number of imidazole rings is 1. The second kappa shape index (κ2) is 5.31. The van der Waals surface area contributed by atoms with E-state index in [-0.39, 0.29) is 0 Å². The molecule has 0 fully saturated rings. The van der Waals surface area contributed by atoms with Crippen LogP contribution in [0.4, 0.5) is 0 Å². The predicted molar refractivity (Wildman–Crippen MR) is 92.2 cm³/mol. The van der Waals surface area contributed by atoms with Gasteiger partial charge in [0.1, 0.15) is 5.75 Å². The number of hydrogen-bond acceptors (Lipinski definition) is 2. The molecular weight excluding hydrogens is 348 g/mol. The Morgan fingerprint density at radius 2 is 1.81 bits per heavy atom. The number of halogens is 1. The van der Waals surface area contributed by atoms with Crippen molar-refractivity contribution in [2.75, 3.05) is 7.11 Å². The average Bonchev–Trinajstić information content (AvgIpc) is 2.79. The molecule has 0 aliphatic carbocycles. The van der Waals surface area contributed by atoms with Gasteiger partial charge in [0.05, 0.1) is 18.1 Å². The third-order valence-corrected chi connectivity index (χ3v) is 5.11. The van der Waals surface area contributed by atoms with Crippen LogP contribution < -0.4 is 4.74 Å². The van der Waals surface area contributed by atoms with Gasteiger partial charge in [-0.2, -0.15) is 0 Å². The number of aromatic amines is 1. The lowest BCUT2D eigenvalue weighted by molar-refractivity contribution is 0.415. The molecular formula is C16H15BrN2OS. The summed E-state index contributed by atoms with van der Waals surface area (Å²) in [7, 11) is 1.67. The normalized spacial score (nSPS) is 11.0. The molecule has 3 rings (SSSR count). The van der Waals surface area contributed by atoms with Crippen LogP contribution in [0, 0.1) is 18.6 Å². The molecule has 0 bridgehead atoms. The Kier molecular flexibility index (Phi) is 3.63. The summed E-state index contributed by atoms with van der Waals surface area (Å²) in [6.45, 7) is 4.17. The zero-order chi connectivity index (χ0) is 15.1. The molecule has 0 saturated heterocycles. The van der Waals surface area contributed by atoms with Crippen molar-refractivity contribution >= 4 is 39.2 Å².